The zero-order valence-corrected chi connectivity index (χ0v) is 22.3. The van der Waals surface area contributed by atoms with Crippen LogP contribution >= 0.6 is 11.3 Å². The van der Waals surface area contributed by atoms with Crippen LogP contribution < -0.4 is 0 Å². The van der Waals surface area contributed by atoms with E-state index in [0.717, 1.165) is 63.3 Å². The molecular formula is C30H30N8OS. The number of hydrogen-bond donors (Lipinski definition) is 2. The summed E-state index contributed by atoms with van der Waals surface area (Å²) in [5.41, 5.74) is 7.07. The smallest absolute Gasteiger partial charge is 0.181 e. The Hall–Kier alpha value is -4.28. The molecule has 2 N–H and O–H groups in total. The number of thiophene rings is 1. The first-order chi connectivity index (χ1) is 19.1. The molecule has 0 unspecified atom stereocenters. The molecular weight excluding hydrogens is 520 g/mol. The van der Waals surface area contributed by atoms with Gasteiger partial charge in [-0.2, -0.15) is 5.10 Å². The van der Waals surface area contributed by atoms with E-state index in [2.05, 4.69) is 47.2 Å². The van der Waals surface area contributed by atoms with Gasteiger partial charge < -0.3 is 4.98 Å². The standard InChI is InChI=1S/C29H26N8OS.CH4/c1-17(38)24-5-6-25(39-24)22-14-31-15-23-26(22)34-29(33-23)27-21-10-20(13-32-28(21)36-35-27)19-9-18(11-30-12-19)16-37-7-3-2-4-8-37;/h5-6,9-15H,2-4,7-8,16H2,1H3,(H,33,34)(H,32,35,36);1H4. The number of aromatic nitrogens is 7. The number of aromatic amines is 2. The summed E-state index contributed by atoms with van der Waals surface area (Å²) in [6.07, 6.45) is 13.1. The average Bonchev–Trinajstić information content (AvgIpc) is 3.71. The second kappa shape index (κ2) is 10.7. The highest BCUT2D eigenvalue weighted by Crippen LogP contribution is 2.35. The molecule has 0 aromatic carbocycles. The minimum absolute atomic E-state index is 0. The van der Waals surface area contributed by atoms with Crippen molar-refractivity contribution in [1.29, 1.82) is 0 Å². The lowest BCUT2D eigenvalue weighted by atomic mass is 10.1. The van der Waals surface area contributed by atoms with Gasteiger partial charge in [0.05, 0.1) is 22.0 Å². The van der Waals surface area contributed by atoms with E-state index in [-0.39, 0.29) is 13.2 Å². The third kappa shape index (κ3) is 4.80. The van der Waals surface area contributed by atoms with Gasteiger partial charge in [0, 0.05) is 52.9 Å². The van der Waals surface area contributed by atoms with Gasteiger partial charge in [0.25, 0.3) is 0 Å². The lowest BCUT2D eigenvalue weighted by molar-refractivity contribution is 0.102. The molecule has 1 aliphatic rings. The first-order valence-corrected chi connectivity index (χ1v) is 13.9. The molecule has 202 valence electrons. The van der Waals surface area contributed by atoms with Crippen molar-refractivity contribution in [2.45, 2.75) is 40.2 Å². The molecule has 6 aromatic rings. The van der Waals surface area contributed by atoms with Gasteiger partial charge in [-0.3, -0.25) is 24.8 Å². The van der Waals surface area contributed by atoms with E-state index in [9.17, 15) is 4.79 Å². The number of nitrogens with zero attached hydrogens (tertiary/aromatic N) is 6. The summed E-state index contributed by atoms with van der Waals surface area (Å²) >= 11 is 1.45. The number of H-pyrrole nitrogens is 2. The summed E-state index contributed by atoms with van der Waals surface area (Å²) in [6.45, 7) is 4.79. The monoisotopic (exact) mass is 550 g/mol. The summed E-state index contributed by atoms with van der Waals surface area (Å²) in [4.78, 5) is 37.9. The van der Waals surface area contributed by atoms with E-state index in [1.165, 1.54) is 36.2 Å². The summed E-state index contributed by atoms with van der Waals surface area (Å²) in [5, 5.41) is 8.42. The van der Waals surface area contributed by atoms with Gasteiger partial charge in [0.1, 0.15) is 11.2 Å². The molecule has 0 amide bonds. The fourth-order valence-electron chi connectivity index (χ4n) is 5.25. The van der Waals surface area contributed by atoms with Gasteiger partial charge in [0.15, 0.2) is 17.3 Å². The van der Waals surface area contributed by atoms with E-state index in [1.807, 2.05) is 30.7 Å². The SMILES string of the molecule is C.CC(=O)c1ccc(-c2cncc3[nH]c(-c4[nH]nc5ncc(-c6cncc(CN7CCCCC7)c6)cc45)nc23)s1. The molecule has 0 saturated carbocycles. The zero-order valence-electron chi connectivity index (χ0n) is 21.4. The number of pyridine rings is 3. The fourth-order valence-corrected chi connectivity index (χ4v) is 6.16. The molecule has 1 fully saturated rings. The third-order valence-corrected chi connectivity index (χ3v) is 8.46. The Morgan fingerprint density at radius 1 is 1.00 bits per heavy atom. The van der Waals surface area contributed by atoms with E-state index < -0.39 is 0 Å². The summed E-state index contributed by atoms with van der Waals surface area (Å²) in [6, 6.07) is 8.09. The van der Waals surface area contributed by atoms with E-state index >= 15 is 0 Å². The number of Topliss-reactive ketones (excluding diaryl/α,β-unsaturated/α-hetero) is 1. The van der Waals surface area contributed by atoms with Crippen molar-refractivity contribution in [3.05, 3.63) is 65.7 Å². The van der Waals surface area contributed by atoms with Crippen LogP contribution in [-0.4, -0.2) is 58.9 Å². The number of likely N-dealkylation sites (tertiary alicyclic amines) is 1. The topological polar surface area (TPSA) is 116 Å². The first kappa shape index (κ1) is 26.0. The van der Waals surface area contributed by atoms with E-state index in [1.54, 1.807) is 19.3 Å². The van der Waals surface area contributed by atoms with Gasteiger partial charge in [-0.05, 0) is 62.7 Å². The first-order valence-electron chi connectivity index (χ1n) is 13.1. The minimum atomic E-state index is 0. The molecule has 6 aromatic heterocycles. The summed E-state index contributed by atoms with van der Waals surface area (Å²) in [7, 11) is 0. The van der Waals surface area contributed by atoms with E-state index in [0.29, 0.717) is 16.3 Å². The lowest BCUT2D eigenvalue weighted by Crippen LogP contribution is -2.29. The largest absolute Gasteiger partial charge is 0.335 e. The van der Waals surface area contributed by atoms with Crippen LogP contribution in [0.5, 0.6) is 0 Å². The van der Waals surface area contributed by atoms with E-state index in [4.69, 9.17) is 4.98 Å². The molecule has 0 aliphatic carbocycles. The Kier molecular flexibility index (Phi) is 6.95. The Morgan fingerprint density at radius 3 is 2.65 bits per heavy atom. The van der Waals surface area contributed by atoms with Gasteiger partial charge >= 0.3 is 0 Å². The zero-order chi connectivity index (χ0) is 26.3. The van der Waals surface area contributed by atoms with Crippen LogP contribution in [0.25, 0.3) is 55.2 Å². The Bertz CT molecular complexity index is 1830. The Balaban J connectivity index is 0.00000289. The molecule has 7 heterocycles. The second-order valence-corrected chi connectivity index (χ2v) is 11.1. The van der Waals surface area contributed by atoms with Gasteiger partial charge in [0.2, 0.25) is 0 Å². The number of nitrogens with one attached hydrogen (secondary N) is 2. The quantitative estimate of drug-likeness (QED) is 0.227. The van der Waals surface area contributed by atoms with Crippen LogP contribution in [0.2, 0.25) is 0 Å². The molecule has 0 bridgehead atoms. The van der Waals surface area contributed by atoms with Gasteiger partial charge in [-0.1, -0.05) is 13.8 Å². The lowest BCUT2D eigenvalue weighted by Gasteiger charge is -2.26. The number of hydrogen-bond acceptors (Lipinski definition) is 8. The van der Waals surface area contributed by atoms with Crippen LogP contribution in [-0.2, 0) is 6.54 Å². The molecule has 0 spiro atoms. The maximum absolute atomic E-state index is 11.8. The molecule has 1 saturated heterocycles. The molecule has 7 rings (SSSR count). The molecule has 9 nitrogen and oxygen atoms in total. The maximum atomic E-state index is 11.8. The summed E-state index contributed by atoms with van der Waals surface area (Å²) in [5.74, 6) is 0.703. The number of carbonyl (C=O) groups excluding carboxylic acids is 1. The van der Waals surface area contributed by atoms with Crippen molar-refractivity contribution in [1.82, 2.24) is 40.0 Å². The predicted octanol–water partition coefficient (Wildman–Crippen LogP) is 6.51. The molecule has 40 heavy (non-hydrogen) atoms. The van der Waals surface area contributed by atoms with Crippen LogP contribution in [0.3, 0.4) is 0 Å². The van der Waals surface area contributed by atoms with Crippen LogP contribution in [0.4, 0.5) is 0 Å². The van der Waals surface area contributed by atoms with Crippen molar-refractivity contribution in [3.8, 4) is 33.1 Å². The maximum Gasteiger partial charge on any atom is 0.181 e. The van der Waals surface area contributed by atoms with Crippen LogP contribution in [0, 0.1) is 0 Å². The van der Waals surface area contributed by atoms with Crippen molar-refractivity contribution in [3.63, 3.8) is 0 Å². The molecule has 0 radical (unpaired) electrons. The van der Waals surface area contributed by atoms with Crippen LogP contribution in [0.15, 0.2) is 55.2 Å². The third-order valence-electron chi connectivity index (χ3n) is 7.24. The van der Waals surface area contributed by atoms with Gasteiger partial charge in [-0.15, -0.1) is 11.3 Å². The normalized spacial score (nSPS) is 14.0. The predicted molar refractivity (Wildman–Crippen MR) is 159 cm³/mol. The number of ketones is 1. The Morgan fingerprint density at radius 2 is 1.82 bits per heavy atom. The highest BCUT2D eigenvalue weighted by Gasteiger charge is 2.18. The number of piperidine rings is 1. The average molecular weight is 551 g/mol. The van der Waals surface area contributed by atoms with Gasteiger partial charge in [-0.25, -0.2) is 9.97 Å². The number of rotatable bonds is 6. The summed E-state index contributed by atoms with van der Waals surface area (Å²) < 4.78 is 0. The number of imidazole rings is 1. The van der Waals surface area contributed by atoms with Crippen molar-refractivity contribution in [2.24, 2.45) is 0 Å². The van der Waals surface area contributed by atoms with Crippen molar-refractivity contribution >= 4 is 39.2 Å². The van der Waals surface area contributed by atoms with Crippen molar-refractivity contribution < 1.29 is 4.79 Å². The molecule has 1 aliphatic heterocycles. The number of carbonyl (C=O) groups is 1. The van der Waals surface area contributed by atoms with Crippen LogP contribution in [0.1, 0.15) is 48.8 Å². The highest BCUT2D eigenvalue weighted by atomic mass is 32.1. The highest BCUT2D eigenvalue weighted by molar-refractivity contribution is 7.17. The fraction of sp³-hybridized carbons (Fsp3) is 0.267. The van der Waals surface area contributed by atoms with Crippen molar-refractivity contribution in [2.75, 3.05) is 13.1 Å². The minimum Gasteiger partial charge on any atom is -0.335 e. The number of fused-ring (bicyclic) bond motifs is 2. The second-order valence-electron chi connectivity index (χ2n) is 10.0. The molecule has 10 heteroatoms. The Labute approximate surface area is 235 Å². The molecule has 0 atom stereocenters.